The average Bonchev–Trinajstić information content (AvgIpc) is 3.59. The van der Waals surface area contributed by atoms with E-state index >= 15 is 0 Å². The van der Waals surface area contributed by atoms with E-state index in [9.17, 15) is 14.4 Å². The van der Waals surface area contributed by atoms with Crippen molar-refractivity contribution in [1.29, 1.82) is 0 Å². The highest BCUT2D eigenvalue weighted by Crippen LogP contribution is 2.38. The van der Waals surface area contributed by atoms with Gasteiger partial charge in [0, 0.05) is 17.2 Å². The van der Waals surface area contributed by atoms with Gasteiger partial charge in [-0.1, -0.05) is 29.5 Å². The summed E-state index contributed by atoms with van der Waals surface area (Å²) >= 11 is 1.16. The van der Waals surface area contributed by atoms with Crippen LogP contribution in [0.4, 0.5) is 0 Å². The van der Waals surface area contributed by atoms with E-state index in [0.29, 0.717) is 54.7 Å². The molecular weight excluding hydrogens is 560 g/mol. The first kappa shape index (κ1) is 28.6. The molecule has 0 saturated heterocycles. The minimum absolute atomic E-state index is 0.155. The van der Waals surface area contributed by atoms with Crippen LogP contribution in [0.2, 0.25) is 0 Å². The number of aromatic nitrogens is 1. The Balaban J connectivity index is 1.67. The summed E-state index contributed by atoms with van der Waals surface area (Å²) in [4.78, 5) is 44.5. The molecule has 0 bridgehead atoms. The fourth-order valence-corrected chi connectivity index (χ4v) is 5.86. The molecule has 2 aromatic heterocycles. The second kappa shape index (κ2) is 11.9. The molecule has 0 radical (unpaired) electrons. The lowest BCUT2D eigenvalue weighted by Crippen LogP contribution is -2.40. The van der Waals surface area contributed by atoms with Crippen molar-refractivity contribution >= 4 is 29.4 Å². The van der Waals surface area contributed by atoms with Crippen molar-refractivity contribution in [3.05, 3.63) is 102 Å². The van der Waals surface area contributed by atoms with Gasteiger partial charge in [-0.3, -0.25) is 9.36 Å². The number of rotatable bonds is 8. The molecule has 4 aromatic rings. The van der Waals surface area contributed by atoms with Gasteiger partial charge < -0.3 is 23.4 Å². The Kier molecular flexibility index (Phi) is 8.12. The Morgan fingerprint density at radius 2 is 1.83 bits per heavy atom. The van der Waals surface area contributed by atoms with Crippen molar-refractivity contribution in [3.8, 4) is 22.8 Å². The van der Waals surface area contributed by atoms with Crippen LogP contribution in [0.1, 0.15) is 41.6 Å². The van der Waals surface area contributed by atoms with E-state index in [1.807, 2.05) is 0 Å². The highest BCUT2D eigenvalue weighted by atomic mass is 32.1. The molecular formula is C31H28N2O8S. The number of ether oxygens (including phenoxy) is 4. The lowest BCUT2D eigenvalue weighted by molar-refractivity contribution is -0.139. The van der Waals surface area contributed by atoms with Gasteiger partial charge in [-0.2, -0.15) is 0 Å². The molecule has 2 aromatic carbocycles. The fourth-order valence-electron chi connectivity index (χ4n) is 4.83. The maximum atomic E-state index is 14.0. The zero-order valence-electron chi connectivity index (χ0n) is 23.6. The number of methoxy groups -OCH3 is 3. The van der Waals surface area contributed by atoms with Crippen LogP contribution in [0.5, 0.6) is 11.5 Å². The molecule has 11 heteroatoms. The summed E-state index contributed by atoms with van der Waals surface area (Å²) in [6.07, 6.45) is 1.61. The quantitative estimate of drug-likeness (QED) is 0.285. The molecule has 216 valence electrons. The van der Waals surface area contributed by atoms with Crippen LogP contribution in [0.15, 0.2) is 80.1 Å². The summed E-state index contributed by atoms with van der Waals surface area (Å²) < 4.78 is 29.2. The van der Waals surface area contributed by atoms with E-state index < -0.39 is 18.0 Å². The van der Waals surface area contributed by atoms with Crippen LogP contribution in [0.3, 0.4) is 0 Å². The van der Waals surface area contributed by atoms with E-state index in [1.165, 1.54) is 25.9 Å². The van der Waals surface area contributed by atoms with E-state index in [1.54, 1.807) is 74.5 Å². The SMILES string of the molecule is CCOC(=O)C1=C(C)N=c2s/c(=C/c3ccc(-c4ccccc4C(=O)OC)o3)c(=O)n2[C@H]1c1cc(OC)ccc1OC. The number of carbonyl (C=O) groups excluding carboxylic acids is 2. The Hall–Kier alpha value is -4.90. The van der Waals surface area contributed by atoms with Crippen molar-refractivity contribution in [2.24, 2.45) is 4.99 Å². The number of esters is 2. The number of nitrogens with zero attached hydrogens (tertiary/aromatic N) is 2. The molecule has 0 N–H and O–H groups in total. The van der Waals surface area contributed by atoms with Crippen LogP contribution in [-0.4, -0.2) is 44.4 Å². The minimum atomic E-state index is -0.883. The molecule has 42 heavy (non-hydrogen) atoms. The number of allylic oxidation sites excluding steroid dienone is 1. The van der Waals surface area contributed by atoms with E-state index in [2.05, 4.69) is 4.99 Å². The fraction of sp³-hybridized carbons (Fsp3) is 0.226. The predicted molar refractivity (Wildman–Crippen MR) is 155 cm³/mol. The summed E-state index contributed by atoms with van der Waals surface area (Å²) in [7, 11) is 4.36. The molecule has 1 atom stereocenters. The summed E-state index contributed by atoms with van der Waals surface area (Å²) in [5.41, 5.74) is 1.73. The number of hydrogen-bond acceptors (Lipinski definition) is 10. The molecule has 0 aliphatic carbocycles. The van der Waals surface area contributed by atoms with Gasteiger partial charge in [-0.25, -0.2) is 14.6 Å². The first-order valence-electron chi connectivity index (χ1n) is 13.0. The molecule has 0 amide bonds. The number of hydrogen-bond donors (Lipinski definition) is 0. The second-order valence-corrected chi connectivity index (χ2v) is 10.2. The van der Waals surface area contributed by atoms with Gasteiger partial charge in [0.2, 0.25) is 0 Å². The largest absolute Gasteiger partial charge is 0.497 e. The molecule has 0 fully saturated rings. The monoisotopic (exact) mass is 588 g/mol. The topological polar surface area (TPSA) is 119 Å². The van der Waals surface area contributed by atoms with Crippen molar-refractivity contribution < 1.29 is 33.0 Å². The van der Waals surface area contributed by atoms with Crippen LogP contribution in [0.25, 0.3) is 17.4 Å². The van der Waals surface area contributed by atoms with Gasteiger partial charge in [0.1, 0.15) is 29.1 Å². The summed E-state index contributed by atoms with van der Waals surface area (Å²) in [6, 6.07) is 14.7. The average molecular weight is 589 g/mol. The molecule has 0 unspecified atom stereocenters. The lowest BCUT2D eigenvalue weighted by Gasteiger charge is -2.26. The number of benzene rings is 2. The van der Waals surface area contributed by atoms with Crippen molar-refractivity contribution in [3.63, 3.8) is 0 Å². The van der Waals surface area contributed by atoms with Crippen LogP contribution >= 0.6 is 11.3 Å². The molecule has 1 aliphatic heterocycles. The third kappa shape index (κ3) is 5.14. The maximum Gasteiger partial charge on any atom is 0.338 e. The van der Waals surface area contributed by atoms with E-state index in [-0.39, 0.29) is 17.7 Å². The van der Waals surface area contributed by atoms with E-state index in [0.717, 1.165) is 11.3 Å². The summed E-state index contributed by atoms with van der Waals surface area (Å²) in [5, 5.41) is 0. The Morgan fingerprint density at radius 3 is 2.55 bits per heavy atom. The maximum absolute atomic E-state index is 14.0. The molecule has 1 aliphatic rings. The number of thiazole rings is 1. The van der Waals surface area contributed by atoms with Crippen LogP contribution < -0.4 is 24.4 Å². The first-order valence-corrected chi connectivity index (χ1v) is 13.8. The van der Waals surface area contributed by atoms with Gasteiger partial charge in [-0.05, 0) is 50.2 Å². The van der Waals surface area contributed by atoms with Crippen molar-refractivity contribution in [2.45, 2.75) is 19.9 Å². The summed E-state index contributed by atoms with van der Waals surface area (Å²) in [5.74, 6) is 0.759. The molecule has 5 rings (SSSR count). The highest BCUT2D eigenvalue weighted by Gasteiger charge is 2.35. The van der Waals surface area contributed by atoms with Gasteiger partial charge in [0.15, 0.2) is 4.80 Å². The zero-order chi connectivity index (χ0) is 30.0. The molecule has 3 heterocycles. The molecule has 10 nitrogen and oxygen atoms in total. The predicted octanol–water partition coefficient (Wildman–Crippen LogP) is 3.86. The number of fused-ring (bicyclic) bond motifs is 1. The third-order valence-corrected chi connectivity index (χ3v) is 7.73. The first-order chi connectivity index (χ1) is 20.3. The number of furan rings is 1. The summed E-state index contributed by atoms with van der Waals surface area (Å²) in [6.45, 7) is 3.58. The highest BCUT2D eigenvalue weighted by molar-refractivity contribution is 7.07. The minimum Gasteiger partial charge on any atom is -0.497 e. The standard InChI is InChI=1S/C31H28N2O8S/c1-6-40-30(36)26-17(2)32-31-33(27(26)22-15-18(37-3)11-13-23(22)38-4)28(34)25(42-31)16-19-12-14-24(41-19)20-9-7-8-10-21(20)29(35)39-5/h7-16,27H,6H2,1-5H3/b25-16+/t27-/m0/s1. The van der Waals surface area contributed by atoms with Gasteiger partial charge in [0.25, 0.3) is 5.56 Å². The normalized spacial score (nSPS) is 14.7. The molecule has 0 saturated carbocycles. The third-order valence-electron chi connectivity index (χ3n) is 6.75. The Bertz CT molecular complexity index is 1900. The van der Waals surface area contributed by atoms with Gasteiger partial charge >= 0.3 is 11.9 Å². The smallest absolute Gasteiger partial charge is 0.338 e. The van der Waals surface area contributed by atoms with Gasteiger partial charge in [-0.15, -0.1) is 0 Å². The van der Waals surface area contributed by atoms with Crippen molar-refractivity contribution in [2.75, 3.05) is 27.9 Å². The second-order valence-electron chi connectivity index (χ2n) is 9.15. The Morgan fingerprint density at radius 1 is 1.05 bits per heavy atom. The molecule has 0 spiro atoms. The lowest BCUT2D eigenvalue weighted by atomic mass is 9.95. The van der Waals surface area contributed by atoms with Crippen LogP contribution in [0, 0.1) is 0 Å². The van der Waals surface area contributed by atoms with Crippen LogP contribution in [-0.2, 0) is 14.3 Å². The number of carbonyl (C=O) groups is 2. The van der Waals surface area contributed by atoms with E-state index in [4.69, 9.17) is 23.4 Å². The van der Waals surface area contributed by atoms with Crippen molar-refractivity contribution in [1.82, 2.24) is 4.57 Å². The van der Waals surface area contributed by atoms with Gasteiger partial charge in [0.05, 0.1) is 49.3 Å². The Labute approximate surface area is 244 Å². The zero-order valence-corrected chi connectivity index (χ0v) is 24.4.